The number of fused-ring (bicyclic) bond motifs is 3. The van der Waals surface area contributed by atoms with Crippen molar-refractivity contribution in [2.24, 2.45) is 11.8 Å². The summed E-state index contributed by atoms with van der Waals surface area (Å²) in [5.41, 5.74) is 0.745. The number of piperazine rings is 1. The molecule has 12 heteroatoms. The lowest BCUT2D eigenvalue weighted by Gasteiger charge is -2.37. The van der Waals surface area contributed by atoms with Crippen LogP contribution in [0.15, 0.2) is 46.6 Å². The molecule has 45 heavy (non-hydrogen) atoms. The van der Waals surface area contributed by atoms with Crippen molar-refractivity contribution in [2.75, 3.05) is 52.9 Å². The van der Waals surface area contributed by atoms with Gasteiger partial charge in [-0.25, -0.2) is 9.78 Å². The minimum Gasteiger partial charge on any atom is -0.460 e. The van der Waals surface area contributed by atoms with Gasteiger partial charge in [-0.3, -0.25) is 14.4 Å². The zero-order valence-electron chi connectivity index (χ0n) is 26.8. The first-order valence-corrected chi connectivity index (χ1v) is 15.9. The number of nitrogens with one attached hydrogen (secondary N) is 1. The number of oxazole rings is 1. The van der Waals surface area contributed by atoms with Crippen LogP contribution in [-0.2, 0) is 25.5 Å². The molecule has 0 saturated carbocycles. The van der Waals surface area contributed by atoms with Gasteiger partial charge in [0.05, 0.1) is 12.5 Å². The van der Waals surface area contributed by atoms with Gasteiger partial charge in [0.2, 0.25) is 11.8 Å². The van der Waals surface area contributed by atoms with Gasteiger partial charge in [0.15, 0.2) is 5.69 Å². The van der Waals surface area contributed by atoms with Gasteiger partial charge in [-0.05, 0) is 32.9 Å². The molecule has 1 aromatic rings. The standard InChI is InChI=1S/C33H47N5O7/c1-22-7-5-11-34-29(41)10-9-23(2)31(24(3)20-37-15-13-36(4)14-16-37)45-33(43)28-8-6-12-38(28)32(42)27-21-44-30(35-27)19-26(40)18-25(39)17-22/h5,7,9-10,17,21,23-25,28,31,39H,6,8,11-16,18-20H2,1-4H3,(H,34,41)/b7-5?,10-9+,22-17?. The van der Waals surface area contributed by atoms with Crippen LogP contribution < -0.4 is 5.32 Å². The number of carbonyl (C=O) groups is 4. The zero-order valence-corrected chi connectivity index (χ0v) is 26.8. The van der Waals surface area contributed by atoms with Crippen molar-refractivity contribution in [1.29, 1.82) is 0 Å². The first-order chi connectivity index (χ1) is 21.5. The third-order valence-electron chi connectivity index (χ3n) is 8.60. The van der Waals surface area contributed by atoms with Crippen molar-refractivity contribution < 1.29 is 33.4 Å². The molecule has 2 N–H and O–H groups in total. The third-order valence-corrected chi connectivity index (χ3v) is 8.60. The fourth-order valence-electron chi connectivity index (χ4n) is 6.09. The van der Waals surface area contributed by atoms with Crippen LogP contribution in [0.4, 0.5) is 0 Å². The molecule has 246 valence electrons. The fraction of sp³-hybridized carbons (Fsp3) is 0.606. The van der Waals surface area contributed by atoms with Gasteiger partial charge in [0.1, 0.15) is 24.2 Å². The number of esters is 1. The van der Waals surface area contributed by atoms with Crippen LogP contribution in [0.5, 0.6) is 0 Å². The number of ketones is 1. The van der Waals surface area contributed by atoms with Crippen LogP contribution in [-0.4, -0.2) is 119 Å². The summed E-state index contributed by atoms with van der Waals surface area (Å²) in [5.74, 6) is -1.78. The molecule has 0 radical (unpaired) electrons. The average molecular weight is 626 g/mol. The number of nitrogens with zero attached hydrogens (tertiary/aromatic N) is 4. The van der Waals surface area contributed by atoms with Crippen molar-refractivity contribution in [3.8, 4) is 0 Å². The minimum atomic E-state index is -1.01. The summed E-state index contributed by atoms with van der Waals surface area (Å²) in [6, 6.07) is -0.782. The van der Waals surface area contributed by atoms with Crippen molar-refractivity contribution in [3.63, 3.8) is 0 Å². The average Bonchev–Trinajstić information content (AvgIpc) is 3.67. The molecule has 4 rings (SSSR count). The molecule has 3 aliphatic heterocycles. The summed E-state index contributed by atoms with van der Waals surface area (Å²) in [4.78, 5) is 62.6. The van der Waals surface area contributed by atoms with E-state index in [1.165, 1.54) is 17.2 Å². The minimum absolute atomic E-state index is 0.0135. The number of aliphatic hydroxyl groups excluding tert-OH is 1. The van der Waals surface area contributed by atoms with E-state index in [1.807, 2.05) is 6.92 Å². The second kappa shape index (κ2) is 16.1. The summed E-state index contributed by atoms with van der Waals surface area (Å²) >= 11 is 0. The van der Waals surface area contributed by atoms with E-state index >= 15 is 0 Å². The molecule has 4 heterocycles. The molecule has 3 aliphatic rings. The Labute approximate surface area is 265 Å². The number of aliphatic hydroxyl groups is 1. The number of cyclic esters (lactones) is 1. The van der Waals surface area contributed by atoms with Gasteiger partial charge >= 0.3 is 5.97 Å². The number of rotatable bonds is 3. The monoisotopic (exact) mass is 625 g/mol. The quantitative estimate of drug-likeness (QED) is 0.477. The summed E-state index contributed by atoms with van der Waals surface area (Å²) in [5, 5.41) is 13.2. The van der Waals surface area contributed by atoms with E-state index in [0.29, 0.717) is 19.4 Å². The predicted molar refractivity (Wildman–Crippen MR) is 167 cm³/mol. The Morgan fingerprint density at radius 2 is 1.87 bits per heavy atom. The fourth-order valence-corrected chi connectivity index (χ4v) is 6.09. The summed E-state index contributed by atoms with van der Waals surface area (Å²) in [7, 11) is 2.10. The van der Waals surface area contributed by atoms with Gasteiger partial charge < -0.3 is 34.3 Å². The number of ether oxygens (including phenoxy) is 1. The van der Waals surface area contributed by atoms with E-state index in [0.717, 1.165) is 38.3 Å². The number of amides is 2. The van der Waals surface area contributed by atoms with Crippen LogP contribution in [0.1, 0.15) is 56.4 Å². The molecule has 1 aromatic heterocycles. The number of hydrogen-bond donors (Lipinski definition) is 2. The third kappa shape index (κ3) is 9.94. The second-order valence-electron chi connectivity index (χ2n) is 12.5. The number of Topliss-reactive ketones (excluding diaryl/α,β-unsaturated/α-hetero) is 1. The summed E-state index contributed by atoms with van der Waals surface area (Å²) in [6.07, 6.45) is 8.72. The molecule has 12 nitrogen and oxygen atoms in total. The number of aromatic nitrogens is 1. The lowest BCUT2D eigenvalue weighted by Crippen LogP contribution is -2.49. The van der Waals surface area contributed by atoms with E-state index in [4.69, 9.17) is 9.15 Å². The van der Waals surface area contributed by atoms with Crippen molar-refractivity contribution in [3.05, 3.63) is 53.8 Å². The van der Waals surface area contributed by atoms with Crippen LogP contribution in [0, 0.1) is 11.8 Å². The molecule has 2 bridgehead atoms. The number of carbonyl (C=O) groups excluding carboxylic acids is 4. The van der Waals surface area contributed by atoms with Gasteiger partial charge in [-0.1, -0.05) is 43.7 Å². The summed E-state index contributed by atoms with van der Waals surface area (Å²) < 4.78 is 11.6. The highest BCUT2D eigenvalue weighted by atomic mass is 16.5. The van der Waals surface area contributed by atoms with E-state index in [-0.39, 0.29) is 54.5 Å². The molecular formula is C33H47N5O7. The molecule has 0 spiro atoms. The molecule has 2 fully saturated rings. The Morgan fingerprint density at radius 1 is 1.11 bits per heavy atom. The van der Waals surface area contributed by atoms with E-state index in [9.17, 15) is 24.3 Å². The Kier molecular flexibility index (Phi) is 12.3. The Hall–Kier alpha value is -3.61. The molecular weight excluding hydrogens is 578 g/mol. The highest BCUT2D eigenvalue weighted by Gasteiger charge is 2.39. The Morgan fingerprint density at radius 3 is 2.62 bits per heavy atom. The smallest absolute Gasteiger partial charge is 0.329 e. The maximum absolute atomic E-state index is 13.7. The Bertz CT molecular complexity index is 1300. The first-order valence-electron chi connectivity index (χ1n) is 15.9. The molecule has 5 unspecified atom stereocenters. The highest BCUT2D eigenvalue weighted by Crippen LogP contribution is 2.26. The highest BCUT2D eigenvalue weighted by molar-refractivity contribution is 5.95. The molecule has 5 atom stereocenters. The maximum atomic E-state index is 13.7. The van der Waals surface area contributed by atoms with Crippen LogP contribution in [0.25, 0.3) is 0 Å². The van der Waals surface area contributed by atoms with Crippen LogP contribution >= 0.6 is 0 Å². The largest absolute Gasteiger partial charge is 0.460 e. The molecule has 2 amide bonds. The lowest BCUT2D eigenvalue weighted by atomic mass is 9.91. The van der Waals surface area contributed by atoms with Gasteiger partial charge in [0.25, 0.3) is 5.91 Å². The van der Waals surface area contributed by atoms with Crippen molar-refractivity contribution in [2.45, 2.75) is 64.7 Å². The lowest BCUT2D eigenvalue weighted by molar-refractivity contribution is -0.158. The number of allylic oxidation sites excluding steroid dienone is 2. The molecule has 2 saturated heterocycles. The van der Waals surface area contributed by atoms with Crippen molar-refractivity contribution >= 4 is 23.6 Å². The van der Waals surface area contributed by atoms with Gasteiger partial charge in [0, 0.05) is 64.1 Å². The SMILES string of the molecule is CC1=CC(O)CC(=O)Cc2nc(co2)C(=O)N2CCCC2C(=O)OC(C(C)CN2CCN(C)CC2)C(C)/C=C/C(=O)NCC=C1. The Balaban J connectivity index is 1.57. The van der Waals surface area contributed by atoms with E-state index in [1.54, 1.807) is 31.2 Å². The van der Waals surface area contributed by atoms with Gasteiger partial charge in [-0.15, -0.1) is 0 Å². The summed E-state index contributed by atoms with van der Waals surface area (Å²) in [6.45, 7) is 10.9. The van der Waals surface area contributed by atoms with E-state index in [2.05, 4.69) is 34.1 Å². The second-order valence-corrected chi connectivity index (χ2v) is 12.5. The molecule has 0 aromatic carbocycles. The number of hydrogen-bond acceptors (Lipinski definition) is 10. The maximum Gasteiger partial charge on any atom is 0.329 e. The molecule has 0 aliphatic carbocycles. The first kappa shape index (κ1) is 34.3. The van der Waals surface area contributed by atoms with Crippen LogP contribution in [0.2, 0.25) is 0 Å². The van der Waals surface area contributed by atoms with Crippen molar-refractivity contribution in [1.82, 2.24) is 25.0 Å². The zero-order chi connectivity index (χ0) is 32.5. The van der Waals surface area contributed by atoms with Gasteiger partial charge in [-0.2, -0.15) is 0 Å². The topological polar surface area (TPSA) is 146 Å². The van der Waals surface area contributed by atoms with Crippen LogP contribution in [0.3, 0.4) is 0 Å². The van der Waals surface area contributed by atoms with E-state index < -0.39 is 30.1 Å². The normalized spacial score (nSPS) is 28.6. The predicted octanol–water partition coefficient (Wildman–Crippen LogP) is 1.76. The number of likely N-dealkylation sites (N-methyl/N-ethyl adjacent to an activating group) is 1.